The Balaban J connectivity index is 1.74. The zero-order valence-corrected chi connectivity index (χ0v) is 14.0. The predicted molar refractivity (Wildman–Crippen MR) is 88.4 cm³/mol. The van der Waals surface area contributed by atoms with Crippen LogP contribution in [0.3, 0.4) is 0 Å². The van der Waals surface area contributed by atoms with Crippen molar-refractivity contribution in [2.45, 2.75) is 29.9 Å². The number of fused-ring (bicyclic) bond motifs is 3. The number of rotatable bonds is 3. The lowest BCUT2D eigenvalue weighted by molar-refractivity contribution is -0.363. The van der Waals surface area contributed by atoms with Crippen LogP contribution in [0.2, 0.25) is 0 Å². The lowest BCUT2D eigenvalue weighted by Crippen LogP contribution is -2.36. The van der Waals surface area contributed by atoms with Crippen molar-refractivity contribution >= 4 is 46.0 Å². The molecule has 0 saturated carbocycles. The Bertz CT molecular complexity index is 911. The number of nitrogens with zero attached hydrogens (tertiary/aromatic N) is 3. The number of aryl methyl sites for hydroxylation is 2. The summed E-state index contributed by atoms with van der Waals surface area (Å²) in [5, 5.41) is 20.6. The SMILES string of the molecule is O=CC1=CN=C(C(=O)O)C([O-])S[C@@H]1c1cn2c3c(sc2n1)CCC3. The van der Waals surface area contributed by atoms with Crippen LogP contribution in [0.5, 0.6) is 0 Å². The highest BCUT2D eigenvalue weighted by Crippen LogP contribution is 2.40. The molecule has 1 unspecified atom stereocenters. The van der Waals surface area contributed by atoms with E-state index in [0.29, 0.717) is 12.0 Å². The third kappa shape index (κ3) is 2.40. The number of hydrogen-bond donors (Lipinski definition) is 1. The first-order valence-corrected chi connectivity index (χ1v) is 9.11. The highest BCUT2D eigenvalue weighted by Gasteiger charge is 2.28. The normalized spacial score (nSPS) is 23.5. The Morgan fingerprint density at radius 1 is 1.46 bits per heavy atom. The molecule has 2 aromatic rings. The summed E-state index contributed by atoms with van der Waals surface area (Å²) < 4.78 is 2.02. The second-order valence-electron chi connectivity index (χ2n) is 5.56. The summed E-state index contributed by atoms with van der Waals surface area (Å²) >= 11 is 2.47. The fourth-order valence-electron chi connectivity index (χ4n) is 2.98. The number of imidazole rings is 1. The molecule has 2 aromatic heterocycles. The van der Waals surface area contributed by atoms with Crippen molar-refractivity contribution in [3.63, 3.8) is 0 Å². The van der Waals surface area contributed by atoms with Crippen LogP contribution in [0.25, 0.3) is 4.96 Å². The Morgan fingerprint density at radius 2 is 2.29 bits per heavy atom. The smallest absolute Gasteiger partial charge is 0.349 e. The molecule has 0 fully saturated rings. The zero-order chi connectivity index (χ0) is 16.8. The number of carboxylic acids is 1. The number of aliphatic imine (C=N–C) groups is 1. The predicted octanol–water partition coefficient (Wildman–Crippen LogP) is 0.967. The summed E-state index contributed by atoms with van der Waals surface area (Å²) in [6.45, 7) is 0. The van der Waals surface area contributed by atoms with E-state index in [9.17, 15) is 14.7 Å². The standard InChI is InChI=1S/C15H12N3O4S2/c19-6-7-4-16-11(13(20)21)14(22)24-12(7)8-5-18-9-2-1-3-10(9)23-15(18)17-8/h4-6,12,14H,1-3H2,(H,20,21)/q-1/t12-,14?/m0/s1. The van der Waals surface area contributed by atoms with Crippen molar-refractivity contribution in [2.75, 3.05) is 0 Å². The quantitative estimate of drug-likeness (QED) is 0.815. The lowest BCUT2D eigenvalue weighted by atomic mass is 10.2. The van der Waals surface area contributed by atoms with E-state index in [1.54, 1.807) is 11.3 Å². The van der Waals surface area contributed by atoms with E-state index in [-0.39, 0.29) is 5.57 Å². The Morgan fingerprint density at radius 3 is 3.04 bits per heavy atom. The molecule has 24 heavy (non-hydrogen) atoms. The van der Waals surface area contributed by atoms with Crippen LogP contribution < -0.4 is 5.11 Å². The third-order valence-corrected chi connectivity index (χ3v) is 6.51. The second kappa shape index (κ2) is 5.83. The van der Waals surface area contributed by atoms with Gasteiger partial charge < -0.3 is 10.2 Å². The molecule has 3 heterocycles. The molecule has 0 radical (unpaired) electrons. The highest BCUT2D eigenvalue weighted by atomic mass is 32.2. The van der Waals surface area contributed by atoms with Gasteiger partial charge in [0.2, 0.25) is 0 Å². The summed E-state index contributed by atoms with van der Waals surface area (Å²) in [6.07, 6.45) is 6.81. The average molecular weight is 362 g/mol. The van der Waals surface area contributed by atoms with Crippen molar-refractivity contribution in [1.82, 2.24) is 9.38 Å². The number of aliphatic carboxylic acids is 1. The van der Waals surface area contributed by atoms with E-state index in [1.807, 2.05) is 10.6 Å². The molecule has 1 N–H and O–H groups in total. The van der Waals surface area contributed by atoms with Gasteiger partial charge in [0.25, 0.3) is 0 Å². The lowest BCUT2D eigenvalue weighted by Gasteiger charge is -2.23. The topological polar surface area (TPSA) is 107 Å². The fraction of sp³-hybridized carbons (Fsp3) is 0.333. The molecule has 0 amide bonds. The number of thiazole rings is 1. The summed E-state index contributed by atoms with van der Waals surface area (Å²) in [7, 11) is 0. The van der Waals surface area contributed by atoms with Gasteiger partial charge in [-0.2, -0.15) is 11.8 Å². The highest BCUT2D eigenvalue weighted by molar-refractivity contribution is 8.00. The van der Waals surface area contributed by atoms with Gasteiger partial charge in [-0.1, -0.05) is 0 Å². The fourth-order valence-corrected chi connectivity index (χ4v) is 5.24. The van der Waals surface area contributed by atoms with Gasteiger partial charge in [-0.3, -0.25) is 14.2 Å². The maximum Gasteiger partial charge on any atom is 0.349 e. The summed E-state index contributed by atoms with van der Waals surface area (Å²) in [5.41, 5.74) is 0.00190. The van der Waals surface area contributed by atoms with Gasteiger partial charge in [-0.25, -0.2) is 9.78 Å². The van der Waals surface area contributed by atoms with E-state index >= 15 is 0 Å². The maximum atomic E-state index is 12.2. The monoisotopic (exact) mass is 362 g/mol. The van der Waals surface area contributed by atoms with Gasteiger partial charge in [0, 0.05) is 28.5 Å². The van der Waals surface area contributed by atoms with Gasteiger partial charge in [0.05, 0.1) is 10.9 Å². The first-order valence-electron chi connectivity index (χ1n) is 7.35. The van der Waals surface area contributed by atoms with Crippen LogP contribution in [0.15, 0.2) is 23.0 Å². The van der Waals surface area contributed by atoms with Gasteiger partial charge in [-0.15, -0.1) is 11.3 Å². The summed E-state index contributed by atoms with van der Waals surface area (Å²) in [5.74, 6) is -1.37. The van der Waals surface area contributed by atoms with E-state index in [2.05, 4.69) is 9.98 Å². The van der Waals surface area contributed by atoms with Crippen LogP contribution >= 0.6 is 23.1 Å². The summed E-state index contributed by atoms with van der Waals surface area (Å²) in [6, 6.07) is 0. The van der Waals surface area contributed by atoms with Gasteiger partial charge >= 0.3 is 5.97 Å². The molecule has 7 nitrogen and oxygen atoms in total. The first kappa shape index (κ1) is 15.6. The molecule has 2 aliphatic rings. The van der Waals surface area contributed by atoms with E-state index in [0.717, 1.165) is 36.0 Å². The Kier molecular flexibility index (Phi) is 3.78. The van der Waals surface area contributed by atoms with Crippen LogP contribution in [-0.4, -0.2) is 37.9 Å². The molecule has 0 bridgehead atoms. The van der Waals surface area contributed by atoms with E-state index < -0.39 is 22.4 Å². The molecule has 1 aliphatic heterocycles. The molecular weight excluding hydrogens is 350 g/mol. The molecule has 0 saturated heterocycles. The Hall–Kier alpha value is -1.97. The molecule has 124 valence electrons. The number of carboxylic acid groups (broad SMARTS) is 1. The number of hydrogen-bond acceptors (Lipinski definition) is 7. The largest absolute Gasteiger partial charge is 0.839 e. The maximum absolute atomic E-state index is 12.2. The van der Waals surface area contributed by atoms with Crippen LogP contribution in [0.1, 0.15) is 27.9 Å². The first-order chi connectivity index (χ1) is 11.6. The molecule has 9 heteroatoms. The minimum atomic E-state index is -1.58. The van der Waals surface area contributed by atoms with E-state index in [1.165, 1.54) is 16.8 Å². The van der Waals surface area contributed by atoms with Crippen LogP contribution in [0.4, 0.5) is 0 Å². The van der Waals surface area contributed by atoms with E-state index in [4.69, 9.17) is 5.11 Å². The average Bonchev–Trinajstić information content (AvgIpc) is 3.18. The van der Waals surface area contributed by atoms with Gasteiger partial charge in [0.15, 0.2) is 4.96 Å². The molecule has 0 spiro atoms. The second-order valence-corrected chi connectivity index (χ2v) is 7.79. The summed E-state index contributed by atoms with van der Waals surface area (Å²) in [4.78, 5) is 32.9. The van der Waals surface area contributed by atoms with Crippen molar-refractivity contribution in [2.24, 2.45) is 4.99 Å². The molecule has 2 atom stereocenters. The number of aldehydes is 1. The number of thioether (sulfide) groups is 1. The van der Waals surface area contributed by atoms with Crippen molar-refractivity contribution in [3.05, 3.63) is 34.2 Å². The number of aromatic nitrogens is 2. The molecule has 1 aliphatic carbocycles. The van der Waals surface area contributed by atoms with Crippen molar-refractivity contribution < 1.29 is 19.8 Å². The van der Waals surface area contributed by atoms with Crippen LogP contribution in [-0.2, 0) is 22.4 Å². The number of carbonyl (C=O) groups is 2. The third-order valence-electron chi connectivity index (χ3n) is 4.10. The molecular formula is C15H12N3O4S2-. The molecule has 4 rings (SSSR count). The van der Waals surface area contributed by atoms with Crippen LogP contribution in [0, 0.1) is 0 Å². The zero-order valence-electron chi connectivity index (χ0n) is 12.3. The minimum Gasteiger partial charge on any atom is -0.839 e. The molecule has 0 aromatic carbocycles. The van der Waals surface area contributed by atoms with Crippen molar-refractivity contribution in [3.8, 4) is 0 Å². The number of carbonyl (C=O) groups excluding carboxylic acids is 1. The van der Waals surface area contributed by atoms with Crippen molar-refractivity contribution in [1.29, 1.82) is 0 Å². The van der Waals surface area contributed by atoms with Gasteiger partial charge in [0.1, 0.15) is 12.0 Å². The van der Waals surface area contributed by atoms with Gasteiger partial charge in [-0.05, 0) is 24.7 Å². The Labute approximate surface area is 144 Å². The minimum absolute atomic E-state index is 0.250.